The molecule has 3 aromatic rings. The van der Waals surface area contributed by atoms with Crippen LogP contribution in [0.4, 0.5) is 0 Å². The molecule has 0 amide bonds. The second-order valence-corrected chi connectivity index (χ2v) is 4.86. The van der Waals surface area contributed by atoms with Crippen LogP contribution in [0.5, 0.6) is 0 Å². The van der Waals surface area contributed by atoms with Gasteiger partial charge in [0, 0.05) is 0 Å². The highest BCUT2D eigenvalue weighted by molar-refractivity contribution is 6.00. The van der Waals surface area contributed by atoms with Gasteiger partial charge >= 0.3 is 5.97 Å². The van der Waals surface area contributed by atoms with Gasteiger partial charge in [-0.2, -0.15) is 0 Å². The van der Waals surface area contributed by atoms with Crippen molar-refractivity contribution in [3.8, 4) is 5.69 Å². The van der Waals surface area contributed by atoms with Crippen molar-refractivity contribution in [1.29, 1.82) is 0 Å². The molecule has 0 radical (unpaired) electrons. The van der Waals surface area contributed by atoms with Gasteiger partial charge in [0.2, 0.25) is 0 Å². The van der Waals surface area contributed by atoms with Crippen LogP contribution in [-0.2, 0) is 6.42 Å². The number of rotatable bonds is 4. The number of carboxylic acids is 1. The first-order valence-electron chi connectivity index (χ1n) is 6.88. The summed E-state index contributed by atoms with van der Waals surface area (Å²) < 4.78 is 1.72. The molecule has 5 nitrogen and oxygen atoms in total. The summed E-state index contributed by atoms with van der Waals surface area (Å²) in [5.74, 6) is -0.991. The van der Waals surface area contributed by atoms with E-state index in [9.17, 15) is 9.90 Å². The topological polar surface area (TPSA) is 68.0 Å². The lowest BCUT2D eigenvalue weighted by molar-refractivity contribution is 0.0699. The summed E-state index contributed by atoms with van der Waals surface area (Å²) in [5.41, 5.74) is 3.42. The van der Waals surface area contributed by atoms with E-state index in [1.165, 1.54) is 5.56 Å². The van der Waals surface area contributed by atoms with Gasteiger partial charge in [0.25, 0.3) is 0 Å². The molecule has 0 atom stereocenters. The highest BCUT2D eigenvalue weighted by Crippen LogP contribution is 2.22. The van der Waals surface area contributed by atoms with E-state index in [1.54, 1.807) is 16.8 Å². The van der Waals surface area contributed by atoms with Gasteiger partial charge in [0.1, 0.15) is 5.52 Å². The first kappa shape index (κ1) is 13.3. The minimum absolute atomic E-state index is 0.173. The molecule has 106 valence electrons. The fraction of sp³-hybridized carbons (Fsp3) is 0.188. The summed E-state index contributed by atoms with van der Waals surface area (Å²) in [7, 11) is 0. The Morgan fingerprint density at radius 2 is 2.00 bits per heavy atom. The van der Waals surface area contributed by atoms with E-state index in [4.69, 9.17) is 0 Å². The van der Waals surface area contributed by atoms with Crippen molar-refractivity contribution in [2.45, 2.75) is 19.8 Å². The second-order valence-electron chi connectivity index (χ2n) is 4.86. The standard InChI is InChI=1S/C16H15N3O2/c1-2-6-11-7-3-4-9-13(11)19-14-10-5-8-12(16(20)21)15(14)17-18-19/h3-5,7-10H,2,6H2,1H3,(H,20,21). The number of nitrogens with zero attached hydrogens (tertiary/aromatic N) is 3. The zero-order chi connectivity index (χ0) is 14.8. The number of aryl methyl sites for hydroxylation is 1. The quantitative estimate of drug-likeness (QED) is 0.798. The van der Waals surface area contributed by atoms with Crippen LogP contribution in [0.25, 0.3) is 16.7 Å². The molecular weight excluding hydrogens is 266 g/mol. The third-order valence-corrected chi connectivity index (χ3v) is 3.45. The van der Waals surface area contributed by atoms with Crippen LogP contribution in [0.2, 0.25) is 0 Å². The average molecular weight is 281 g/mol. The van der Waals surface area contributed by atoms with Crippen LogP contribution in [0, 0.1) is 0 Å². The molecule has 1 aromatic heterocycles. The molecule has 0 bridgehead atoms. The monoisotopic (exact) mass is 281 g/mol. The molecule has 0 spiro atoms. The molecule has 0 aliphatic heterocycles. The predicted molar refractivity (Wildman–Crippen MR) is 79.8 cm³/mol. The maximum absolute atomic E-state index is 11.3. The van der Waals surface area contributed by atoms with Gasteiger partial charge in [-0.1, -0.05) is 42.8 Å². The number of para-hydroxylation sites is 1. The number of carboxylic acid groups (broad SMARTS) is 1. The number of carbonyl (C=O) groups is 1. The Morgan fingerprint density at radius 1 is 1.19 bits per heavy atom. The van der Waals surface area contributed by atoms with Crippen LogP contribution in [0.3, 0.4) is 0 Å². The van der Waals surface area contributed by atoms with Crippen LogP contribution < -0.4 is 0 Å². The van der Waals surface area contributed by atoms with Crippen LogP contribution in [0.15, 0.2) is 42.5 Å². The van der Waals surface area contributed by atoms with Gasteiger partial charge in [-0.3, -0.25) is 0 Å². The Hall–Kier alpha value is -2.69. The number of aromatic carboxylic acids is 1. The highest BCUT2D eigenvalue weighted by atomic mass is 16.4. The zero-order valence-corrected chi connectivity index (χ0v) is 11.7. The fourth-order valence-electron chi connectivity index (χ4n) is 2.49. The SMILES string of the molecule is CCCc1ccccc1-n1nnc2c(C(=O)O)cccc21. The number of benzene rings is 2. The minimum atomic E-state index is -0.991. The normalized spacial score (nSPS) is 10.9. The Balaban J connectivity index is 2.23. The Labute approximate surface area is 121 Å². The smallest absolute Gasteiger partial charge is 0.338 e. The molecule has 0 saturated carbocycles. The van der Waals surface area contributed by atoms with Gasteiger partial charge in [0.05, 0.1) is 16.8 Å². The van der Waals surface area contributed by atoms with Crippen molar-refractivity contribution in [1.82, 2.24) is 15.0 Å². The van der Waals surface area contributed by atoms with Crippen molar-refractivity contribution in [3.05, 3.63) is 53.6 Å². The van der Waals surface area contributed by atoms with E-state index in [0.29, 0.717) is 11.0 Å². The largest absolute Gasteiger partial charge is 0.478 e. The molecule has 3 rings (SSSR count). The summed E-state index contributed by atoms with van der Waals surface area (Å²) in [5, 5.41) is 17.4. The van der Waals surface area contributed by atoms with Gasteiger partial charge in [-0.25, -0.2) is 9.48 Å². The summed E-state index contributed by atoms with van der Waals surface area (Å²) in [6.45, 7) is 2.12. The summed E-state index contributed by atoms with van der Waals surface area (Å²) in [6, 6.07) is 13.1. The van der Waals surface area contributed by atoms with E-state index >= 15 is 0 Å². The Kier molecular flexibility index (Phi) is 3.39. The van der Waals surface area contributed by atoms with Crippen LogP contribution in [-0.4, -0.2) is 26.1 Å². The molecular formula is C16H15N3O2. The first-order valence-corrected chi connectivity index (χ1v) is 6.88. The fourth-order valence-corrected chi connectivity index (χ4v) is 2.49. The lowest BCUT2D eigenvalue weighted by atomic mass is 10.1. The number of aromatic nitrogens is 3. The lowest BCUT2D eigenvalue weighted by Crippen LogP contribution is -2.02. The van der Waals surface area contributed by atoms with Crippen molar-refractivity contribution in [3.63, 3.8) is 0 Å². The average Bonchev–Trinajstić information content (AvgIpc) is 2.91. The van der Waals surface area contributed by atoms with E-state index < -0.39 is 5.97 Å². The van der Waals surface area contributed by atoms with Crippen molar-refractivity contribution in [2.75, 3.05) is 0 Å². The summed E-state index contributed by atoms with van der Waals surface area (Å²) in [4.78, 5) is 11.3. The van der Waals surface area contributed by atoms with Gasteiger partial charge in [-0.15, -0.1) is 5.10 Å². The molecule has 0 aliphatic rings. The number of hydrogen-bond donors (Lipinski definition) is 1. The van der Waals surface area contributed by atoms with E-state index in [-0.39, 0.29) is 5.56 Å². The Bertz CT molecular complexity index is 808. The molecule has 2 aromatic carbocycles. The third-order valence-electron chi connectivity index (χ3n) is 3.45. The third kappa shape index (κ3) is 2.27. The highest BCUT2D eigenvalue weighted by Gasteiger charge is 2.15. The summed E-state index contributed by atoms with van der Waals surface area (Å²) in [6.07, 6.45) is 1.97. The van der Waals surface area contributed by atoms with Gasteiger partial charge < -0.3 is 5.11 Å². The first-order chi connectivity index (χ1) is 10.2. The molecule has 21 heavy (non-hydrogen) atoms. The molecule has 1 heterocycles. The van der Waals surface area contributed by atoms with Crippen LogP contribution >= 0.6 is 0 Å². The van der Waals surface area contributed by atoms with E-state index in [1.807, 2.05) is 24.3 Å². The van der Waals surface area contributed by atoms with Crippen molar-refractivity contribution >= 4 is 17.0 Å². The maximum Gasteiger partial charge on any atom is 0.338 e. The van der Waals surface area contributed by atoms with Gasteiger partial charge in [0.15, 0.2) is 0 Å². The van der Waals surface area contributed by atoms with E-state index in [2.05, 4.69) is 23.3 Å². The Morgan fingerprint density at radius 3 is 2.76 bits per heavy atom. The maximum atomic E-state index is 11.3. The lowest BCUT2D eigenvalue weighted by Gasteiger charge is -2.08. The van der Waals surface area contributed by atoms with Gasteiger partial charge in [-0.05, 0) is 30.2 Å². The van der Waals surface area contributed by atoms with E-state index in [0.717, 1.165) is 18.5 Å². The number of hydrogen-bond acceptors (Lipinski definition) is 3. The zero-order valence-electron chi connectivity index (χ0n) is 11.7. The molecule has 0 saturated heterocycles. The van der Waals surface area contributed by atoms with Crippen molar-refractivity contribution < 1.29 is 9.90 Å². The minimum Gasteiger partial charge on any atom is -0.478 e. The van der Waals surface area contributed by atoms with Crippen LogP contribution in [0.1, 0.15) is 29.3 Å². The molecule has 0 fully saturated rings. The number of fused-ring (bicyclic) bond motifs is 1. The molecule has 5 heteroatoms. The predicted octanol–water partition coefficient (Wildman–Crippen LogP) is 3.07. The molecule has 0 aliphatic carbocycles. The molecule has 0 unspecified atom stereocenters. The summed E-state index contributed by atoms with van der Waals surface area (Å²) >= 11 is 0. The van der Waals surface area contributed by atoms with Crippen molar-refractivity contribution in [2.24, 2.45) is 0 Å². The molecule has 1 N–H and O–H groups in total. The second kappa shape index (κ2) is 5.36.